The zero-order chi connectivity index (χ0) is 20.0. The van der Waals surface area contributed by atoms with Crippen LogP contribution < -0.4 is 9.88 Å². The monoisotopic (exact) mass is 395 g/mol. The Bertz CT molecular complexity index is 941. The molecular weight excluding hydrogens is 377 g/mol. The number of ketones is 1. The molecule has 0 amide bonds. The molecule has 2 aromatic carbocycles. The Morgan fingerprint density at radius 2 is 1.78 bits per heavy atom. The number of nitrogens with two attached hydrogens (primary N) is 1. The summed E-state index contributed by atoms with van der Waals surface area (Å²) in [5, 5.41) is 5.01. The van der Waals surface area contributed by atoms with E-state index in [-0.39, 0.29) is 22.6 Å². The molecule has 0 radical (unpaired) electrons. The highest BCUT2D eigenvalue weighted by atomic mass is 32.2. The Hall–Kier alpha value is -2.78. The number of carbonyl (C=O) groups is 2. The number of halogens is 1. The Morgan fingerprint density at radius 3 is 2.33 bits per heavy atom. The first kappa shape index (κ1) is 20.5. The molecule has 0 atom stereocenters. The van der Waals surface area contributed by atoms with Crippen LogP contribution in [0, 0.1) is 5.82 Å². The second kappa shape index (κ2) is 8.74. The van der Waals surface area contributed by atoms with Crippen molar-refractivity contribution >= 4 is 21.8 Å². The van der Waals surface area contributed by atoms with Gasteiger partial charge in [0.1, 0.15) is 0 Å². The largest absolute Gasteiger partial charge is 0.494 e. The summed E-state index contributed by atoms with van der Waals surface area (Å²) in [6.45, 7) is -0.505. The normalized spacial score (nSPS) is 11.1. The molecule has 2 rings (SSSR count). The van der Waals surface area contributed by atoms with Crippen LogP contribution in [0.1, 0.15) is 22.3 Å². The number of sulfonamides is 1. The number of Topliss-reactive ketones (excluding diaryl/α,β-unsaturated/α-hetero) is 1. The maximum Gasteiger partial charge on any atom is 0.306 e. The van der Waals surface area contributed by atoms with Crippen LogP contribution in [0.4, 0.5) is 4.39 Å². The Kier molecular flexibility index (Phi) is 6.65. The third kappa shape index (κ3) is 5.87. The first-order valence-electron chi connectivity index (χ1n) is 7.85. The highest BCUT2D eigenvalue weighted by Crippen LogP contribution is 2.18. The van der Waals surface area contributed by atoms with E-state index in [2.05, 4.69) is 0 Å². The number of benzene rings is 2. The lowest BCUT2D eigenvalue weighted by molar-refractivity contribution is -0.142. The molecule has 0 fully saturated rings. The van der Waals surface area contributed by atoms with E-state index in [0.29, 0.717) is 12.0 Å². The fourth-order valence-corrected chi connectivity index (χ4v) is 2.75. The van der Waals surface area contributed by atoms with Gasteiger partial charge in [0.25, 0.3) is 0 Å². The molecule has 0 aliphatic carbocycles. The molecular formula is C18H18FNO6S. The van der Waals surface area contributed by atoms with Gasteiger partial charge < -0.3 is 9.47 Å². The van der Waals surface area contributed by atoms with E-state index in [1.54, 1.807) is 0 Å². The number of esters is 1. The van der Waals surface area contributed by atoms with Gasteiger partial charge in [0.05, 0.1) is 12.0 Å². The Labute approximate surface area is 155 Å². The van der Waals surface area contributed by atoms with Gasteiger partial charge in [-0.3, -0.25) is 9.59 Å². The van der Waals surface area contributed by atoms with E-state index in [0.717, 1.165) is 6.07 Å². The maximum atomic E-state index is 13.6. The summed E-state index contributed by atoms with van der Waals surface area (Å²) in [7, 11) is -2.46. The number of hydrogen-bond donors (Lipinski definition) is 1. The molecule has 0 aliphatic rings. The molecule has 0 bridgehead atoms. The highest BCUT2D eigenvalue weighted by molar-refractivity contribution is 7.89. The SMILES string of the molecule is COc1ccc(C(=O)COC(=O)CCc2ccc(S(N)(=O)=O)cc2)cc1F. The number of hydrogen-bond acceptors (Lipinski definition) is 6. The van der Waals surface area contributed by atoms with Gasteiger partial charge in [0.15, 0.2) is 24.0 Å². The van der Waals surface area contributed by atoms with E-state index in [1.165, 1.54) is 43.5 Å². The third-order valence-electron chi connectivity index (χ3n) is 3.71. The third-order valence-corrected chi connectivity index (χ3v) is 4.64. The van der Waals surface area contributed by atoms with Gasteiger partial charge in [-0.05, 0) is 42.3 Å². The molecule has 27 heavy (non-hydrogen) atoms. The number of aryl methyl sites for hydroxylation is 1. The van der Waals surface area contributed by atoms with Crippen molar-refractivity contribution in [1.29, 1.82) is 0 Å². The predicted molar refractivity (Wildman–Crippen MR) is 94.4 cm³/mol. The molecule has 0 heterocycles. The van der Waals surface area contributed by atoms with E-state index in [9.17, 15) is 22.4 Å². The van der Waals surface area contributed by atoms with Crippen molar-refractivity contribution in [3.8, 4) is 5.75 Å². The van der Waals surface area contributed by atoms with Crippen LogP contribution >= 0.6 is 0 Å². The molecule has 0 saturated carbocycles. The van der Waals surface area contributed by atoms with Crippen molar-refractivity contribution in [1.82, 2.24) is 0 Å². The van der Waals surface area contributed by atoms with Crippen molar-refractivity contribution < 1.29 is 31.9 Å². The Balaban J connectivity index is 1.84. The van der Waals surface area contributed by atoms with Crippen molar-refractivity contribution in [3.63, 3.8) is 0 Å². The van der Waals surface area contributed by atoms with Crippen LogP contribution in [0.25, 0.3) is 0 Å². The van der Waals surface area contributed by atoms with Gasteiger partial charge in [-0.25, -0.2) is 17.9 Å². The van der Waals surface area contributed by atoms with Crippen molar-refractivity contribution in [2.75, 3.05) is 13.7 Å². The molecule has 0 unspecified atom stereocenters. The summed E-state index contributed by atoms with van der Waals surface area (Å²) in [4.78, 5) is 23.7. The van der Waals surface area contributed by atoms with Crippen molar-refractivity contribution in [2.45, 2.75) is 17.7 Å². The van der Waals surface area contributed by atoms with Crippen molar-refractivity contribution in [2.24, 2.45) is 5.14 Å². The summed E-state index contributed by atoms with van der Waals surface area (Å²) < 4.78 is 45.6. The summed E-state index contributed by atoms with van der Waals surface area (Å²) in [6, 6.07) is 9.48. The first-order chi connectivity index (χ1) is 12.7. The van der Waals surface area contributed by atoms with Gasteiger partial charge in [-0.2, -0.15) is 0 Å². The fourth-order valence-electron chi connectivity index (χ4n) is 2.23. The number of rotatable bonds is 8. The van der Waals surface area contributed by atoms with E-state index in [4.69, 9.17) is 14.6 Å². The van der Waals surface area contributed by atoms with Crippen LogP contribution in [0.2, 0.25) is 0 Å². The summed E-state index contributed by atoms with van der Waals surface area (Å²) in [6.07, 6.45) is 0.300. The van der Waals surface area contributed by atoms with Crippen LogP contribution in [0.15, 0.2) is 47.4 Å². The van der Waals surface area contributed by atoms with Crippen LogP contribution in [-0.2, 0) is 26.0 Å². The second-order valence-electron chi connectivity index (χ2n) is 5.62. The Morgan fingerprint density at radius 1 is 1.11 bits per heavy atom. The highest BCUT2D eigenvalue weighted by Gasteiger charge is 2.13. The van der Waals surface area contributed by atoms with Gasteiger partial charge in [-0.1, -0.05) is 12.1 Å². The van der Waals surface area contributed by atoms with Gasteiger partial charge in [0, 0.05) is 12.0 Å². The second-order valence-corrected chi connectivity index (χ2v) is 7.18. The lowest BCUT2D eigenvalue weighted by Crippen LogP contribution is -2.15. The summed E-state index contributed by atoms with van der Waals surface area (Å²) in [5.41, 5.74) is 0.780. The standard InChI is InChI=1S/C18H18FNO6S/c1-25-17-8-5-13(10-15(17)19)16(21)11-26-18(22)9-4-12-2-6-14(7-3-12)27(20,23)24/h2-3,5-8,10H,4,9,11H2,1H3,(H2,20,23,24). The fraction of sp³-hybridized carbons (Fsp3) is 0.222. The average molecular weight is 395 g/mol. The molecule has 2 aromatic rings. The lowest BCUT2D eigenvalue weighted by atomic mass is 10.1. The van der Waals surface area contributed by atoms with E-state index in [1.807, 2.05) is 0 Å². The molecule has 0 aromatic heterocycles. The smallest absolute Gasteiger partial charge is 0.306 e. The zero-order valence-corrected chi connectivity index (χ0v) is 15.3. The molecule has 0 spiro atoms. The van der Waals surface area contributed by atoms with Crippen molar-refractivity contribution in [3.05, 3.63) is 59.4 Å². The summed E-state index contributed by atoms with van der Waals surface area (Å²) in [5.74, 6) is -1.81. The molecule has 0 saturated heterocycles. The minimum atomic E-state index is -3.77. The minimum Gasteiger partial charge on any atom is -0.494 e. The topological polar surface area (TPSA) is 113 Å². The summed E-state index contributed by atoms with van der Waals surface area (Å²) >= 11 is 0. The molecule has 144 valence electrons. The first-order valence-corrected chi connectivity index (χ1v) is 9.39. The predicted octanol–water partition coefficient (Wildman–Crippen LogP) is 1.84. The van der Waals surface area contributed by atoms with E-state index < -0.39 is 34.2 Å². The lowest BCUT2D eigenvalue weighted by Gasteiger charge is -2.07. The van der Waals surface area contributed by atoms with E-state index >= 15 is 0 Å². The minimum absolute atomic E-state index is 0.00102. The quantitative estimate of drug-likeness (QED) is 0.539. The van der Waals surface area contributed by atoms with Gasteiger partial charge >= 0.3 is 5.97 Å². The van der Waals surface area contributed by atoms with Crippen LogP contribution in [-0.4, -0.2) is 33.9 Å². The number of methoxy groups -OCH3 is 1. The van der Waals surface area contributed by atoms with Gasteiger partial charge in [0.2, 0.25) is 10.0 Å². The number of carbonyl (C=O) groups excluding carboxylic acids is 2. The molecule has 2 N–H and O–H groups in total. The zero-order valence-electron chi connectivity index (χ0n) is 14.5. The maximum absolute atomic E-state index is 13.6. The number of primary sulfonamides is 1. The number of ether oxygens (including phenoxy) is 2. The molecule has 7 nitrogen and oxygen atoms in total. The van der Waals surface area contributed by atoms with Crippen LogP contribution in [0.3, 0.4) is 0 Å². The molecule has 0 aliphatic heterocycles. The molecule has 9 heteroatoms. The van der Waals surface area contributed by atoms with Gasteiger partial charge in [-0.15, -0.1) is 0 Å². The average Bonchev–Trinajstić information content (AvgIpc) is 2.64. The van der Waals surface area contributed by atoms with Crippen LogP contribution in [0.5, 0.6) is 5.75 Å².